The number of imidazole rings is 1. The molecule has 2 rings (SSSR count). The number of nitrogens with zero attached hydrogens (tertiary/aromatic N) is 3. The average molecular weight is 294 g/mol. The maximum atomic E-state index is 12.3. The van der Waals surface area contributed by atoms with E-state index in [-0.39, 0.29) is 12.5 Å². The number of H-pyrrole nitrogens is 1. The molecule has 1 aromatic rings. The highest BCUT2D eigenvalue weighted by Gasteiger charge is 2.25. The molecule has 0 bridgehead atoms. The van der Waals surface area contributed by atoms with Gasteiger partial charge in [0.05, 0.1) is 6.54 Å². The van der Waals surface area contributed by atoms with E-state index in [0.29, 0.717) is 32.0 Å². The Kier molecular flexibility index (Phi) is 5.19. The zero-order valence-electron chi connectivity index (χ0n) is 12.3. The van der Waals surface area contributed by atoms with E-state index in [4.69, 9.17) is 5.11 Å². The van der Waals surface area contributed by atoms with Crippen molar-refractivity contribution in [2.24, 2.45) is 5.92 Å². The second-order valence-electron chi connectivity index (χ2n) is 5.54. The first-order valence-electron chi connectivity index (χ1n) is 7.26. The number of aromatic amines is 1. The first kappa shape index (κ1) is 15.3. The lowest BCUT2D eigenvalue weighted by Crippen LogP contribution is -2.45. The lowest BCUT2D eigenvalue weighted by atomic mass is 9.92. The van der Waals surface area contributed by atoms with Crippen LogP contribution in [0.4, 0.5) is 4.79 Å². The van der Waals surface area contributed by atoms with Crippen LogP contribution in [-0.4, -0.2) is 57.0 Å². The first-order valence-corrected chi connectivity index (χ1v) is 7.26. The molecule has 0 aliphatic carbocycles. The van der Waals surface area contributed by atoms with Crippen molar-refractivity contribution in [3.05, 3.63) is 18.2 Å². The van der Waals surface area contributed by atoms with E-state index in [1.807, 2.05) is 4.90 Å². The van der Waals surface area contributed by atoms with Crippen LogP contribution in [0.25, 0.3) is 0 Å². The van der Waals surface area contributed by atoms with Crippen LogP contribution in [0.2, 0.25) is 0 Å². The lowest BCUT2D eigenvalue weighted by molar-refractivity contribution is -0.137. The zero-order valence-corrected chi connectivity index (χ0v) is 12.3. The third-order valence-corrected chi connectivity index (χ3v) is 3.92. The minimum Gasteiger partial charge on any atom is -0.481 e. The molecule has 7 heteroatoms. The van der Waals surface area contributed by atoms with Gasteiger partial charge >= 0.3 is 12.0 Å². The SMILES string of the molecule is CN(Cc1ncc[nH]1)C(=O)N1CCC(CCC(=O)O)CC1. The smallest absolute Gasteiger partial charge is 0.320 e. The largest absolute Gasteiger partial charge is 0.481 e. The normalized spacial score (nSPS) is 16.0. The Morgan fingerprint density at radius 2 is 2.19 bits per heavy atom. The fourth-order valence-corrected chi connectivity index (χ4v) is 2.66. The van der Waals surface area contributed by atoms with E-state index in [9.17, 15) is 9.59 Å². The predicted molar refractivity (Wildman–Crippen MR) is 76.6 cm³/mol. The number of hydrogen-bond acceptors (Lipinski definition) is 3. The van der Waals surface area contributed by atoms with Gasteiger partial charge in [-0.25, -0.2) is 9.78 Å². The summed E-state index contributed by atoms with van der Waals surface area (Å²) in [6.07, 6.45) is 6.10. The van der Waals surface area contributed by atoms with Crippen LogP contribution >= 0.6 is 0 Å². The maximum Gasteiger partial charge on any atom is 0.320 e. The summed E-state index contributed by atoms with van der Waals surface area (Å²) in [5, 5.41) is 8.70. The Labute approximate surface area is 124 Å². The van der Waals surface area contributed by atoms with Crippen molar-refractivity contribution < 1.29 is 14.7 Å². The monoisotopic (exact) mass is 294 g/mol. The van der Waals surface area contributed by atoms with Crippen LogP contribution in [0.15, 0.2) is 12.4 Å². The molecule has 1 aliphatic rings. The Morgan fingerprint density at radius 1 is 1.48 bits per heavy atom. The van der Waals surface area contributed by atoms with Gasteiger partial charge < -0.3 is 19.9 Å². The molecule has 2 heterocycles. The highest BCUT2D eigenvalue weighted by Crippen LogP contribution is 2.22. The fourth-order valence-electron chi connectivity index (χ4n) is 2.66. The van der Waals surface area contributed by atoms with Crippen molar-refractivity contribution >= 4 is 12.0 Å². The third-order valence-electron chi connectivity index (χ3n) is 3.92. The van der Waals surface area contributed by atoms with Gasteiger partial charge in [0.15, 0.2) is 0 Å². The Hall–Kier alpha value is -2.05. The molecule has 21 heavy (non-hydrogen) atoms. The summed E-state index contributed by atoms with van der Waals surface area (Å²) >= 11 is 0. The van der Waals surface area contributed by atoms with Gasteiger partial charge in [-0.15, -0.1) is 0 Å². The molecule has 1 aromatic heterocycles. The van der Waals surface area contributed by atoms with Gasteiger partial charge in [0.1, 0.15) is 5.82 Å². The number of likely N-dealkylation sites (tertiary alicyclic amines) is 1. The maximum absolute atomic E-state index is 12.3. The number of urea groups is 1. The quantitative estimate of drug-likeness (QED) is 0.862. The van der Waals surface area contributed by atoms with Crippen molar-refractivity contribution in [1.29, 1.82) is 0 Å². The minimum absolute atomic E-state index is 0.00286. The molecule has 0 spiro atoms. The van der Waals surface area contributed by atoms with E-state index < -0.39 is 5.97 Å². The Morgan fingerprint density at radius 3 is 2.76 bits per heavy atom. The van der Waals surface area contributed by atoms with Gasteiger partial charge in [-0.1, -0.05) is 0 Å². The molecular formula is C14H22N4O3. The lowest BCUT2D eigenvalue weighted by Gasteiger charge is -2.34. The second kappa shape index (κ2) is 7.10. The van der Waals surface area contributed by atoms with Gasteiger partial charge in [-0.3, -0.25) is 4.79 Å². The molecule has 0 saturated carbocycles. The molecule has 1 fully saturated rings. The van der Waals surface area contributed by atoms with Gasteiger partial charge in [0, 0.05) is 39.0 Å². The molecule has 0 atom stereocenters. The molecule has 116 valence electrons. The van der Waals surface area contributed by atoms with Crippen LogP contribution in [0.5, 0.6) is 0 Å². The molecule has 0 unspecified atom stereocenters. The van der Waals surface area contributed by atoms with E-state index in [2.05, 4.69) is 9.97 Å². The standard InChI is InChI=1S/C14H22N4O3/c1-17(10-12-15-6-7-16-12)14(21)18-8-4-11(5-9-18)2-3-13(19)20/h6-7,11H,2-5,8-10H2,1H3,(H,15,16)(H,19,20). The van der Waals surface area contributed by atoms with E-state index in [1.165, 1.54) is 0 Å². The van der Waals surface area contributed by atoms with Gasteiger partial charge in [0.2, 0.25) is 0 Å². The van der Waals surface area contributed by atoms with E-state index in [0.717, 1.165) is 18.7 Å². The van der Waals surface area contributed by atoms with Gasteiger partial charge in [-0.05, 0) is 25.2 Å². The van der Waals surface area contributed by atoms with Crippen LogP contribution < -0.4 is 0 Å². The Bertz CT molecular complexity index is 467. The fraction of sp³-hybridized carbons (Fsp3) is 0.643. The Balaban J connectivity index is 1.76. The van der Waals surface area contributed by atoms with Crippen molar-refractivity contribution in [2.45, 2.75) is 32.2 Å². The summed E-state index contributed by atoms with van der Waals surface area (Å²) in [5.41, 5.74) is 0. The molecule has 1 saturated heterocycles. The van der Waals surface area contributed by atoms with Crippen molar-refractivity contribution in [3.8, 4) is 0 Å². The summed E-state index contributed by atoms with van der Waals surface area (Å²) in [4.78, 5) is 33.5. The number of carboxylic acid groups (broad SMARTS) is 1. The van der Waals surface area contributed by atoms with Gasteiger partial charge in [0.25, 0.3) is 0 Å². The minimum atomic E-state index is -0.744. The number of rotatable bonds is 5. The summed E-state index contributed by atoms with van der Waals surface area (Å²) in [6, 6.07) is 0.00286. The number of aromatic nitrogens is 2. The molecule has 0 radical (unpaired) electrons. The average Bonchev–Trinajstić information content (AvgIpc) is 2.97. The van der Waals surface area contributed by atoms with Gasteiger partial charge in [-0.2, -0.15) is 0 Å². The highest BCUT2D eigenvalue weighted by molar-refractivity contribution is 5.74. The number of carboxylic acids is 1. The summed E-state index contributed by atoms with van der Waals surface area (Å²) < 4.78 is 0. The molecule has 2 N–H and O–H groups in total. The number of hydrogen-bond donors (Lipinski definition) is 2. The van der Waals surface area contributed by atoms with Crippen LogP contribution in [0.3, 0.4) is 0 Å². The number of nitrogens with one attached hydrogen (secondary N) is 1. The number of carbonyl (C=O) groups is 2. The van der Waals surface area contributed by atoms with Crippen LogP contribution in [0, 0.1) is 5.92 Å². The molecular weight excluding hydrogens is 272 g/mol. The molecule has 2 amide bonds. The second-order valence-corrected chi connectivity index (χ2v) is 5.54. The van der Waals surface area contributed by atoms with Crippen LogP contribution in [-0.2, 0) is 11.3 Å². The first-order chi connectivity index (χ1) is 10.1. The number of carbonyl (C=O) groups excluding carboxylic acids is 1. The number of piperidine rings is 1. The predicted octanol–water partition coefficient (Wildman–Crippen LogP) is 1.54. The van der Waals surface area contributed by atoms with E-state index in [1.54, 1.807) is 24.3 Å². The number of aliphatic carboxylic acids is 1. The summed E-state index contributed by atoms with van der Waals surface area (Å²) in [5.74, 6) is 0.439. The zero-order chi connectivity index (χ0) is 15.2. The molecule has 1 aliphatic heterocycles. The summed E-state index contributed by atoms with van der Waals surface area (Å²) in [6.45, 7) is 1.86. The number of amides is 2. The molecule has 0 aromatic carbocycles. The molecule has 7 nitrogen and oxygen atoms in total. The van der Waals surface area contributed by atoms with Crippen molar-refractivity contribution in [3.63, 3.8) is 0 Å². The van der Waals surface area contributed by atoms with E-state index >= 15 is 0 Å². The summed E-state index contributed by atoms with van der Waals surface area (Å²) in [7, 11) is 1.77. The van der Waals surface area contributed by atoms with Crippen LogP contribution in [0.1, 0.15) is 31.5 Å². The van der Waals surface area contributed by atoms with Crippen molar-refractivity contribution in [1.82, 2.24) is 19.8 Å². The topological polar surface area (TPSA) is 89.5 Å². The highest BCUT2D eigenvalue weighted by atomic mass is 16.4. The van der Waals surface area contributed by atoms with Crippen molar-refractivity contribution in [2.75, 3.05) is 20.1 Å². The third kappa shape index (κ3) is 4.47.